The van der Waals surface area contributed by atoms with Gasteiger partial charge < -0.3 is 16.8 Å². The molecule has 1 aromatic heterocycles. The fourth-order valence-corrected chi connectivity index (χ4v) is 4.57. The minimum absolute atomic E-state index is 0.0223. The van der Waals surface area contributed by atoms with Gasteiger partial charge in [0.1, 0.15) is 16.7 Å². The quantitative estimate of drug-likeness (QED) is 0.397. The Morgan fingerprint density at radius 3 is 2.33 bits per heavy atom. The second kappa shape index (κ2) is 11.3. The van der Waals surface area contributed by atoms with Crippen molar-refractivity contribution < 1.29 is 18.8 Å². The molecule has 3 rings (SSSR count). The third-order valence-corrected chi connectivity index (χ3v) is 6.55. The molecule has 1 atom stereocenters. The van der Waals surface area contributed by atoms with E-state index in [0.717, 1.165) is 29.1 Å². The molecular formula is C26H30FN5O3S. The minimum atomic E-state index is -1.15. The van der Waals surface area contributed by atoms with Crippen LogP contribution in [0.3, 0.4) is 0 Å². The van der Waals surface area contributed by atoms with E-state index in [4.69, 9.17) is 11.5 Å². The van der Waals surface area contributed by atoms with E-state index in [-0.39, 0.29) is 16.3 Å². The Labute approximate surface area is 213 Å². The summed E-state index contributed by atoms with van der Waals surface area (Å²) in [5.74, 6) is -2.04. The number of nitrogen functional groups attached to an aromatic ring is 1. The summed E-state index contributed by atoms with van der Waals surface area (Å²) in [5.41, 5.74) is 13.7. The first-order chi connectivity index (χ1) is 17.0. The number of nitrogens with one attached hydrogen (secondary N) is 1. The zero-order valence-electron chi connectivity index (χ0n) is 20.7. The van der Waals surface area contributed by atoms with Crippen LogP contribution in [0.25, 0.3) is 0 Å². The standard InChI is InChI=1S/C26H30FN5O3S/c1-14(2)11-12-30-25(34)22(17-6-8-18(27)9-7-17)32(19-10-5-15(3)13-16(19)4)26(35)23-20(28)21(24(29)33)31-36-23/h5-10,13-14,22H,11-12,28H2,1-4H3,(H2,29,33)(H,30,34)/t22-/m1/s1. The monoisotopic (exact) mass is 511 g/mol. The van der Waals surface area contributed by atoms with E-state index < -0.39 is 29.6 Å². The molecule has 8 nitrogen and oxygen atoms in total. The zero-order valence-corrected chi connectivity index (χ0v) is 21.5. The summed E-state index contributed by atoms with van der Waals surface area (Å²) in [6.07, 6.45) is 0.739. The van der Waals surface area contributed by atoms with Crippen LogP contribution < -0.4 is 21.7 Å². The van der Waals surface area contributed by atoms with Crippen LogP contribution in [-0.4, -0.2) is 28.6 Å². The lowest BCUT2D eigenvalue weighted by Gasteiger charge is -2.32. The predicted octanol–water partition coefficient (Wildman–Crippen LogP) is 4.13. The van der Waals surface area contributed by atoms with Crippen LogP contribution in [0.2, 0.25) is 0 Å². The molecule has 0 aliphatic heterocycles. The Hall–Kier alpha value is -3.79. The molecule has 0 aliphatic rings. The van der Waals surface area contributed by atoms with Crippen molar-refractivity contribution in [3.05, 3.63) is 75.5 Å². The number of nitrogens with zero attached hydrogens (tertiary/aromatic N) is 2. The third kappa shape index (κ3) is 5.88. The summed E-state index contributed by atoms with van der Waals surface area (Å²) in [5, 5.41) is 2.91. The second-order valence-electron chi connectivity index (χ2n) is 9.03. The van der Waals surface area contributed by atoms with Gasteiger partial charge in [0.05, 0.1) is 5.69 Å². The summed E-state index contributed by atoms with van der Waals surface area (Å²) in [7, 11) is 0. The lowest BCUT2D eigenvalue weighted by Crippen LogP contribution is -2.44. The van der Waals surface area contributed by atoms with Crippen LogP contribution in [0.15, 0.2) is 42.5 Å². The van der Waals surface area contributed by atoms with Gasteiger partial charge in [0, 0.05) is 12.2 Å². The molecule has 0 bridgehead atoms. The number of carbonyl (C=O) groups is 3. The van der Waals surface area contributed by atoms with Crippen LogP contribution in [0.1, 0.15) is 63.2 Å². The fraction of sp³-hybridized carbons (Fsp3) is 0.308. The average molecular weight is 512 g/mol. The first-order valence-corrected chi connectivity index (χ1v) is 12.3. The molecule has 0 fully saturated rings. The van der Waals surface area contributed by atoms with Crippen molar-refractivity contribution in [2.75, 3.05) is 17.2 Å². The summed E-state index contributed by atoms with van der Waals surface area (Å²) < 4.78 is 17.7. The molecule has 5 N–H and O–H groups in total. The van der Waals surface area contributed by atoms with Gasteiger partial charge in [-0.3, -0.25) is 19.3 Å². The largest absolute Gasteiger partial charge is 0.395 e. The van der Waals surface area contributed by atoms with Crippen molar-refractivity contribution in [3.63, 3.8) is 0 Å². The van der Waals surface area contributed by atoms with Crippen LogP contribution >= 0.6 is 11.5 Å². The Bertz CT molecular complexity index is 1270. The van der Waals surface area contributed by atoms with E-state index in [1.807, 2.05) is 39.8 Å². The number of aromatic nitrogens is 1. The molecule has 190 valence electrons. The summed E-state index contributed by atoms with van der Waals surface area (Å²) in [4.78, 5) is 40.7. The topological polar surface area (TPSA) is 131 Å². The summed E-state index contributed by atoms with van der Waals surface area (Å²) in [6, 6.07) is 9.72. The Balaban J connectivity index is 2.19. The first-order valence-electron chi connectivity index (χ1n) is 11.5. The molecule has 0 radical (unpaired) electrons. The Kier molecular flexibility index (Phi) is 8.41. The van der Waals surface area contributed by atoms with Crippen molar-refractivity contribution in [1.29, 1.82) is 0 Å². The Morgan fingerprint density at radius 2 is 1.78 bits per heavy atom. The number of hydrogen-bond acceptors (Lipinski definition) is 6. The predicted molar refractivity (Wildman–Crippen MR) is 139 cm³/mol. The van der Waals surface area contributed by atoms with Crippen molar-refractivity contribution in [2.24, 2.45) is 11.7 Å². The normalized spacial score (nSPS) is 11.8. The highest BCUT2D eigenvalue weighted by Gasteiger charge is 2.36. The maximum Gasteiger partial charge on any atom is 0.273 e. The van der Waals surface area contributed by atoms with Gasteiger partial charge in [0.2, 0.25) is 5.91 Å². The van der Waals surface area contributed by atoms with Crippen molar-refractivity contribution in [2.45, 2.75) is 40.2 Å². The van der Waals surface area contributed by atoms with Crippen molar-refractivity contribution in [1.82, 2.24) is 9.69 Å². The molecule has 0 aliphatic carbocycles. The van der Waals surface area contributed by atoms with Crippen LogP contribution in [0.5, 0.6) is 0 Å². The van der Waals surface area contributed by atoms with E-state index >= 15 is 0 Å². The van der Waals surface area contributed by atoms with E-state index in [9.17, 15) is 18.8 Å². The zero-order chi connectivity index (χ0) is 26.6. The van der Waals surface area contributed by atoms with E-state index in [1.165, 1.54) is 29.2 Å². The van der Waals surface area contributed by atoms with Gasteiger partial charge in [-0.15, -0.1) is 0 Å². The highest BCUT2D eigenvalue weighted by atomic mass is 32.1. The van der Waals surface area contributed by atoms with E-state index in [0.29, 0.717) is 23.7 Å². The van der Waals surface area contributed by atoms with Gasteiger partial charge in [-0.05, 0) is 67.0 Å². The SMILES string of the molecule is Cc1ccc(N(C(=O)c2snc(C(N)=O)c2N)[C@@H](C(=O)NCCC(C)C)c2ccc(F)cc2)c(C)c1. The molecular weight excluding hydrogens is 481 g/mol. The molecule has 2 aromatic carbocycles. The van der Waals surface area contributed by atoms with Gasteiger partial charge in [-0.1, -0.05) is 43.7 Å². The average Bonchev–Trinajstić information content (AvgIpc) is 3.19. The number of halogens is 1. The third-order valence-electron chi connectivity index (χ3n) is 5.70. The van der Waals surface area contributed by atoms with Gasteiger partial charge in [-0.25, -0.2) is 4.39 Å². The fourth-order valence-electron chi connectivity index (χ4n) is 3.82. The van der Waals surface area contributed by atoms with Crippen molar-refractivity contribution >= 4 is 40.6 Å². The van der Waals surface area contributed by atoms with Crippen LogP contribution in [0.4, 0.5) is 15.8 Å². The molecule has 0 saturated carbocycles. The maximum absolute atomic E-state index is 14.0. The maximum atomic E-state index is 14.0. The van der Waals surface area contributed by atoms with Gasteiger partial charge in [0.15, 0.2) is 5.69 Å². The first kappa shape index (κ1) is 26.8. The number of primary amides is 1. The molecule has 0 unspecified atom stereocenters. The van der Waals surface area contributed by atoms with E-state index in [1.54, 1.807) is 6.07 Å². The number of benzene rings is 2. The number of carbonyl (C=O) groups excluding carboxylic acids is 3. The van der Waals surface area contributed by atoms with Crippen molar-refractivity contribution in [3.8, 4) is 0 Å². The molecule has 1 heterocycles. The van der Waals surface area contributed by atoms with E-state index in [2.05, 4.69) is 9.69 Å². The molecule has 3 aromatic rings. The minimum Gasteiger partial charge on any atom is -0.395 e. The summed E-state index contributed by atoms with van der Waals surface area (Å²) >= 11 is 0.734. The highest BCUT2D eigenvalue weighted by Crippen LogP contribution is 2.35. The number of aryl methyl sites for hydroxylation is 2. The van der Waals surface area contributed by atoms with Crippen LogP contribution in [0, 0.1) is 25.6 Å². The lowest BCUT2D eigenvalue weighted by molar-refractivity contribution is -0.122. The number of amides is 3. The Morgan fingerprint density at radius 1 is 1.11 bits per heavy atom. The molecule has 0 saturated heterocycles. The van der Waals surface area contributed by atoms with Crippen LogP contribution in [-0.2, 0) is 4.79 Å². The smallest absolute Gasteiger partial charge is 0.273 e. The van der Waals surface area contributed by atoms with Gasteiger partial charge >= 0.3 is 0 Å². The number of nitrogens with two attached hydrogens (primary N) is 2. The molecule has 36 heavy (non-hydrogen) atoms. The number of rotatable bonds is 9. The number of anilines is 2. The van der Waals surface area contributed by atoms with Gasteiger partial charge in [-0.2, -0.15) is 4.37 Å². The lowest BCUT2D eigenvalue weighted by atomic mass is 10.0. The molecule has 3 amide bonds. The second-order valence-corrected chi connectivity index (χ2v) is 9.80. The van der Waals surface area contributed by atoms with Gasteiger partial charge in [0.25, 0.3) is 11.8 Å². The number of hydrogen-bond donors (Lipinski definition) is 3. The molecule has 0 spiro atoms. The summed E-state index contributed by atoms with van der Waals surface area (Å²) in [6.45, 7) is 8.22. The highest BCUT2D eigenvalue weighted by molar-refractivity contribution is 7.09. The molecule has 10 heteroatoms.